The molecule has 1 N–H and O–H groups in total. The lowest BCUT2D eigenvalue weighted by Crippen LogP contribution is -2.19. The minimum absolute atomic E-state index is 0.603. The number of anilines is 2. The average molecular weight is 294 g/mol. The zero-order valence-electron chi connectivity index (χ0n) is 12.4. The summed E-state index contributed by atoms with van der Waals surface area (Å²) >= 11 is 0. The molecule has 0 saturated carbocycles. The number of furan rings is 1. The molecule has 0 unspecified atom stereocenters. The van der Waals surface area contributed by atoms with Gasteiger partial charge in [-0.25, -0.2) is 4.98 Å². The van der Waals surface area contributed by atoms with Crippen molar-refractivity contribution in [1.29, 1.82) is 0 Å². The molecule has 3 rings (SSSR count). The lowest BCUT2D eigenvalue weighted by Gasteiger charge is -2.17. The van der Waals surface area contributed by atoms with Crippen LogP contribution in [0.5, 0.6) is 0 Å². The van der Waals surface area contributed by atoms with Gasteiger partial charge in [-0.05, 0) is 23.8 Å². The Hall–Kier alpha value is -2.82. The van der Waals surface area contributed by atoms with Crippen molar-refractivity contribution in [3.05, 3.63) is 72.3 Å². The molecule has 112 valence electrons. The Morgan fingerprint density at radius 3 is 2.73 bits per heavy atom. The molecule has 0 aliphatic rings. The molecule has 5 nitrogen and oxygen atoms in total. The molecule has 0 bridgehead atoms. The topological polar surface area (TPSA) is 54.2 Å². The molecule has 2 aromatic heterocycles. The van der Waals surface area contributed by atoms with E-state index in [1.54, 1.807) is 12.5 Å². The predicted molar refractivity (Wildman–Crippen MR) is 86.6 cm³/mol. The molecule has 0 radical (unpaired) electrons. The van der Waals surface area contributed by atoms with E-state index in [-0.39, 0.29) is 0 Å². The number of hydrogen-bond donors (Lipinski definition) is 1. The molecule has 1 aromatic carbocycles. The van der Waals surface area contributed by atoms with Crippen molar-refractivity contribution in [2.75, 3.05) is 17.3 Å². The number of hydrogen-bond acceptors (Lipinski definition) is 5. The average Bonchev–Trinajstić information content (AvgIpc) is 3.08. The van der Waals surface area contributed by atoms with Crippen LogP contribution in [-0.4, -0.2) is 17.0 Å². The van der Waals surface area contributed by atoms with E-state index >= 15 is 0 Å². The van der Waals surface area contributed by atoms with Gasteiger partial charge in [-0.15, -0.1) is 0 Å². The van der Waals surface area contributed by atoms with Crippen LogP contribution in [0.1, 0.15) is 11.3 Å². The zero-order valence-corrected chi connectivity index (χ0v) is 12.4. The summed E-state index contributed by atoms with van der Waals surface area (Å²) in [4.78, 5) is 10.9. The minimum Gasteiger partial charge on any atom is -0.467 e. The Morgan fingerprint density at radius 1 is 1.09 bits per heavy atom. The van der Waals surface area contributed by atoms with Crippen molar-refractivity contribution in [2.24, 2.45) is 0 Å². The van der Waals surface area contributed by atoms with Crippen LogP contribution >= 0.6 is 0 Å². The fourth-order valence-corrected chi connectivity index (χ4v) is 2.15. The first-order chi connectivity index (χ1) is 10.8. The van der Waals surface area contributed by atoms with Crippen LogP contribution in [-0.2, 0) is 13.1 Å². The quantitative estimate of drug-likeness (QED) is 0.756. The first-order valence-corrected chi connectivity index (χ1v) is 7.15. The van der Waals surface area contributed by atoms with Gasteiger partial charge in [0.1, 0.15) is 11.6 Å². The van der Waals surface area contributed by atoms with Crippen molar-refractivity contribution >= 4 is 11.8 Å². The Balaban J connectivity index is 1.65. The number of benzene rings is 1. The smallest absolute Gasteiger partial charge is 0.227 e. The van der Waals surface area contributed by atoms with E-state index in [9.17, 15) is 0 Å². The molecule has 0 amide bonds. The molecule has 22 heavy (non-hydrogen) atoms. The number of nitrogens with one attached hydrogen (secondary N) is 1. The molecule has 0 fully saturated rings. The lowest BCUT2D eigenvalue weighted by molar-refractivity contribution is 0.518. The lowest BCUT2D eigenvalue weighted by atomic mass is 10.2. The van der Waals surface area contributed by atoms with E-state index in [1.165, 1.54) is 5.56 Å². The van der Waals surface area contributed by atoms with Gasteiger partial charge in [0.2, 0.25) is 5.95 Å². The summed E-state index contributed by atoms with van der Waals surface area (Å²) in [5.74, 6) is 2.34. The molecule has 5 heteroatoms. The maximum Gasteiger partial charge on any atom is 0.227 e. The summed E-state index contributed by atoms with van der Waals surface area (Å²) in [6.07, 6.45) is 3.42. The Kier molecular flexibility index (Phi) is 4.34. The molecule has 0 atom stereocenters. The van der Waals surface area contributed by atoms with Gasteiger partial charge in [0.05, 0.1) is 12.8 Å². The van der Waals surface area contributed by atoms with Gasteiger partial charge in [0.15, 0.2) is 0 Å². The van der Waals surface area contributed by atoms with Crippen LogP contribution in [0.3, 0.4) is 0 Å². The van der Waals surface area contributed by atoms with Crippen molar-refractivity contribution in [2.45, 2.75) is 13.1 Å². The normalized spacial score (nSPS) is 10.4. The Labute approximate surface area is 129 Å². The summed E-state index contributed by atoms with van der Waals surface area (Å²) in [6.45, 7) is 1.37. The predicted octanol–water partition coefficient (Wildman–Crippen LogP) is 3.32. The largest absolute Gasteiger partial charge is 0.467 e. The SMILES string of the molecule is CN(Cc1ccccc1)c1nccc(NCc2ccco2)n1. The van der Waals surface area contributed by atoms with Crippen molar-refractivity contribution in [1.82, 2.24) is 9.97 Å². The van der Waals surface area contributed by atoms with Crippen LogP contribution < -0.4 is 10.2 Å². The summed E-state index contributed by atoms with van der Waals surface area (Å²) < 4.78 is 5.30. The van der Waals surface area contributed by atoms with Crippen LogP contribution in [0.25, 0.3) is 0 Å². The first kappa shape index (κ1) is 14.1. The van der Waals surface area contributed by atoms with Crippen molar-refractivity contribution in [3.63, 3.8) is 0 Å². The van der Waals surface area contributed by atoms with E-state index in [0.717, 1.165) is 18.1 Å². The fourth-order valence-electron chi connectivity index (χ4n) is 2.15. The van der Waals surface area contributed by atoms with Gasteiger partial charge in [0.25, 0.3) is 0 Å². The summed E-state index contributed by atoms with van der Waals surface area (Å²) in [5.41, 5.74) is 1.22. The number of aromatic nitrogens is 2. The molecule has 0 saturated heterocycles. The molecular weight excluding hydrogens is 276 g/mol. The number of rotatable bonds is 6. The van der Waals surface area contributed by atoms with E-state index in [2.05, 4.69) is 27.4 Å². The molecule has 0 aliphatic carbocycles. The van der Waals surface area contributed by atoms with Gasteiger partial charge in [-0.1, -0.05) is 30.3 Å². The first-order valence-electron chi connectivity index (χ1n) is 7.15. The van der Waals surface area contributed by atoms with Gasteiger partial charge >= 0.3 is 0 Å². The highest BCUT2D eigenvalue weighted by Gasteiger charge is 2.06. The van der Waals surface area contributed by atoms with E-state index in [1.807, 2.05) is 48.3 Å². The van der Waals surface area contributed by atoms with Crippen molar-refractivity contribution < 1.29 is 4.42 Å². The highest BCUT2D eigenvalue weighted by Crippen LogP contribution is 2.13. The molecule has 2 heterocycles. The number of nitrogens with zero attached hydrogens (tertiary/aromatic N) is 3. The van der Waals surface area contributed by atoms with Crippen LogP contribution in [0.2, 0.25) is 0 Å². The second-order valence-corrected chi connectivity index (χ2v) is 5.02. The van der Waals surface area contributed by atoms with E-state index < -0.39 is 0 Å². The summed E-state index contributed by atoms with van der Waals surface area (Å²) in [6, 6.07) is 15.9. The van der Waals surface area contributed by atoms with E-state index in [0.29, 0.717) is 12.5 Å². The monoisotopic (exact) mass is 294 g/mol. The van der Waals surface area contributed by atoms with Crippen molar-refractivity contribution in [3.8, 4) is 0 Å². The second-order valence-electron chi connectivity index (χ2n) is 5.02. The van der Waals surface area contributed by atoms with Gasteiger partial charge in [-0.2, -0.15) is 4.98 Å². The van der Waals surface area contributed by atoms with E-state index in [4.69, 9.17) is 4.42 Å². The molecule has 0 aliphatic heterocycles. The van der Waals surface area contributed by atoms with Crippen LogP contribution in [0.4, 0.5) is 11.8 Å². The Bertz CT molecular complexity index is 698. The molecule has 0 spiro atoms. The highest BCUT2D eigenvalue weighted by atomic mass is 16.3. The van der Waals surface area contributed by atoms with Gasteiger partial charge in [-0.3, -0.25) is 0 Å². The molecular formula is C17H18N4O. The zero-order chi connectivity index (χ0) is 15.2. The highest BCUT2D eigenvalue weighted by molar-refractivity contribution is 5.41. The third-order valence-electron chi connectivity index (χ3n) is 3.27. The summed E-state index contributed by atoms with van der Waals surface area (Å²) in [7, 11) is 1.98. The van der Waals surface area contributed by atoms with Crippen LogP contribution in [0, 0.1) is 0 Å². The third-order valence-corrected chi connectivity index (χ3v) is 3.27. The van der Waals surface area contributed by atoms with Crippen LogP contribution in [0.15, 0.2) is 65.4 Å². The van der Waals surface area contributed by atoms with Gasteiger partial charge < -0.3 is 14.6 Å². The maximum absolute atomic E-state index is 5.30. The maximum atomic E-state index is 5.30. The fraction of sp³-hybridized carbons (Fsp3) is 0.176. The standard InChI is InChI=1S/C17H18N4O/c1-21(13-14-6-3-2-4-7-14)17-18-10-9-16(20-17)19-12-15-8-5-11-22-15/h2-11H,12-13H2,1H3,(H,18,19,20). The second kappa shape index (κ2) is 6.76. The molecule has 3 aromatic rings. The minimum atomic E-state index is 0.603. The summed E-state index contributed by atoms with van der Waals surface area (Å²) in [5, 5.41) is 3.23. The van der Waals surface area contributed by atoms with Gasteiger partial charge in [0, 0.05) is 19.8 Å². The Morgan fingerprint density at radius 2 is 1.95 bits per heavy atom. The third kappa shape index (κ3) is 3.63.